The van der Waals surface area contributed by atoms with Gasteiger partial charge in [0, 0.05) is 21.9 Å². The maximum atomic E-state index is 10.3. The Bertz CT molecular complexity index is 673. The van der Waals surface area contributed by atoms with E-state index in [0.29, 0.717) is 21.9 Å². The van der Waals surface area contributed by atoms with Crippen LogP contribution in [0.5, 0.6) is 11.5 Å². The Morgan fingerprint density at radius 3 is 2.47 bits per heavy atom. The molecule has 0 amide bonds. The molecule has 2 aromatic rings. The van der Waals surface area contributed by atoms with Gasteiger partial charge in [-0.05, 0) is 0 Å². The largest absolute Gasteiger partial charge is 0.507 e. The molecular weight excluding hydrogens is 216 g/mol. The molecule has 1 saturated heterocycles. The third-order valence-corrected chi connectivity index (χ3v) is 3.50. The van der Waals surface area contributed by atoms with Crippen LogP contribution in [-0.2, 0) is 4.74 Å². The van der Waals surface area contributed by atoms with Crippen molar-refractivity contribution in [2.24, 2.45) is 0 Å². The van der Waals surface area contributed by atoms with Crippen LogP contribution in [0.3, 0.4) is 0 Å². The normalized spacial score (nSPS) is 24.5. The van der Waals surface area contributed by atoms with Crippen LogP contribution in [0.15, 0.2) is 30.3 Å². The van der Waals surface area contributed by atoms with E-state index in [1.165, 1.54) is 0 Å². The average molecular weight is 226 g/mol. The van der Waals surface area contributed by atoms with E-state index in [-0.39, 0.29) is 23.7 Å². The lowest BCUT2D eigenvalue weighted by Crippen LogP contribution is -1.97. The van der Waals surface area contributed by atoms with E-state index in [9.17, 15) is 10.2 Å². The van der Waals surface area contributed by atoms with Gasteiger partial charge in [0.25, 0.3) is 0 Å². The Hall–Kier alpha value is -2.00. The molecule has 2 unspecified atom stereocenters. The van der Waals surface area contributed by atoms with E-state index < -0.39 is 0 Å². The van der Waals surface area contributed by atoms with E-state index >= 15 is 0 Å². The van der Waals surface area contributed by atoms with Gasteiger partial charge in [0.05, 0.1) is 0 Å². The van der Waals surface area contributed by atoms with Gasteiger partial charge in [-0.15, -0.1) is 0 Å². The molecule has 1 aliphatic carbocycles. The highest BCUT2D eigenvalue weighted by molar-refractivity contribution is 5.98. The second-order valence-corrected chi connectivity index (χ2v) is 4.45. The number of fused-ring (bicyclic) bond motifs is 4. The first kappa shape index (κ1) is 9.07. The molecule has 17 heavy (non-hydrogen) atoms. The van der Waals surface area contributed by atoms with Crippen molar-refractivity contribution in [1.29, 1.82) is 0 Å². The van der Waals surface area contributed by atoms with Gasteiger partial charge in [0.15, 0.2) is 0 Å². The first-order valence-electron chi connectivity index (χ1n) is 5.57. The topological polar surface area (TPSA) is 53.0 Å². The molecule has 2 aliphatic rings. The van der Waals surface area contributed by atoms with Gasteiger partial charge in [-0.25, -0.2) is 0 Å². The molecule has 0 saturated carbocycles. The number of hydrogen-bond donors (Lipinski definition) is 2. The van der Waals surface area contributed by atoms with Gasteiger partial charge >= 0.3 is 0 Å². The van der Waals surface area contributed by atoms with Crippen LogP contribution in [0.2, 0.25) is 0 Å². The molecule has 2 N–H and O–H groups in total. The summed E-state index contributed by atoms with van der Waals surface area (Å²) in [5.74, 6) is 0.448. The minimum atomic E-state index is -0.0921. The summed E-state index contributed by atoms with van der Waals surface area (Å²) in [4.78, 5) is 0. The molecule has 0 radical (unpaired) electrons. The summed E-state index contributed by atoms with van der Waals surface area (Å²) >= 11 is 0. The highest BCUT2D eigenvalue weighted by atomic mass is 16.6. The smallest absolute Gasteiger partial charge is 0.131 e. The van der Waals surface area contributed by atoms with Crippen molar-refractivity contribution in [1.82, 2.24) is 0 Å². The zero-order valence-electron chi connectivity index (χ0n) is 8.92. The number of phenols is 2. The lowest BCUT2D eigenvalue weighted by Gasteiger charge is -2.14. The van der Waals surface area contributed by atoms with Crippen LogP contribution in [0.4, 0.5) is 0 Å². The van der Waals surface area contributed by atoms with E-state index in [1.54, 1.807) is 12.1 Å². The predicted octanol–water partition coefficient (Wildman–Crippen LogP) is 2.72. The fraction of sp³-hybridized carbons (Fsp3) is 0.143. The van der Waals surface area contributed by atoms with Crippen molar-refractivity contribution >= 4 is 16.8 Å². The van der Waals surface area contributed by atoms with Gasteiger partial charge in [-0.3, -0.25) is 0 Å². The van der Waals surface area contributed by atoms with Crippen LogP contribution >= 0.6 is 0 Å². The van der Waals surface area contributed by atoms with Crippen molar-refractivity contribution in [3.63, 3.8) is 0 Å². The van der Waals surface area contributed by atoms with Crippen LogP contribution in [0.25, 0.3) is 16.8 Å². The summed E-state index contributed by atoms with van der Waals surface area (Å²) in [6.07, 6.45) is 3.71. The molecule has 84 valence electrons. The standard InChI is InChI=1S/C14H10O3/c15-12-7-3-1-2-4-8(7)13(16)11-9(12)5-6-10-14(11)17-10/h1-6,10,14-16H. The summed E-state index contributed by atoms with van der Waals surface area (Å²) in [5, 5.41) is 21.9. The van der Waals surface area contributed by atoms with Crippen LogP contribution < -0.4 is 0 Å². The Balaban J connectivity index is 2.19. The van der Waals surface area contributed by atoms with Gasteiger partial charge in [-0.1, -0.05) is 36.4 Å². The fourth-order valence-corrected chi connectivity index (χ4v) is 2.59. The predicted molar refractivity (Wildman–Crippen MR) is 63.9 cm³/mol. The van der Waals surface area contributed by atoms with Crippen LogP contribution in [0, 0.1) is 0 Å². The van der Waals surface area contributed by atoms with Gasteiger partial charge in [0.1, 0.15) is 23.7 Å². The van der Waals surface area contributed by atoms with Crippen LogP contribution in [-0.4, -0.2) is 16.3 Å². The van der Waals surface area contributed by atoms with Gasteiger partial charge in [0.2, 0.25) is 0 Å². The Labute approximate surface area is 97.6 Å². The molecule has 1 aliphatic heterocycles. The number of benzene rings is 2. The fourth-order valence-electron chi connectivity index (χ4n) is 2.59. The summed E-state index contributed by atoms with van der Waals surface area (Å²) in [6.45, 7) is 0. The SMILES string of the molecule is Oc1c2c(c(O)c3ccccc13)C1OC1C=C2. The maximum Gasteiger partial charge on any atom is 0.131 e. The number of epoxide rings is 1. The average Bonchev–Trinajstić information content (AvgIpc) is 3.14. The Morgan fingerprint density at radius 2 is 1.71 bits per heavy atom. The highest BCUT2D eigenvalue weighted by Gasteiger charge is 2.44. The van der Waals surface area contributed by atoms with E-state index in [4.69, 9.17) is 4.74 Å². The molecule has 2 atom stereocenters. The number of aromatic hydroxyl groups is 2. The number of phenolic OH excluding ortho intramolecular Hbond substituents is 2. The van der Waals surface area contributed by atoms with Crippen molar-refractivity contribution in [2.75, 3.05) is 0 Å². The van der Waals surface area contributed by atoms with Gasteiger partial charge < -0.3 is 14.9 Å². The molecule has 0 aromatic heterocycles. The number of hydrogen-bond acceptors (Lipinski definition) is 3. The molecular formula is C14H10O3. The zero-order chi connectivity index (χ0) is 11.6. The van der Waals surface area contributed by atoms with Gasteiger partial charge in [-0.2, -0.15) is 0 Å². The molecule has 4 rings (SSSR count). The van der Waals surface area contributed by atoms with E-state index in [1.807, 2.05) is 24.3 Å². The minimum absolute atomic E-state index is 0.0639. The van der Waals surface area contributed by atoms with E-state index in [2.05, 4.69) is 0 Å². The quantitative estimate of drug-likeness (QED) is 0.536. The third-order valence-electron chi connectivity index (χ3n) is 3.50. The van der Waals surface area contributed by atoms with Crippen molar-refractivity contribution in [2.45, 2.75) is 12.2 Å². The Morgan fingerprint density at radius 1 is 1.00 bits per heavy atom. The summed E-state index contributed by atoms with van der Waals surface area (Å²) < 4.78 is 5.43. The second kappa shape index (κ2) is 2.81. The molecule has 3 heteroatoms. The molecule has 2 aromatic carbocycles. The van der Waals surface area contributed by atoms with Crippen LogP contribution in [0.1, 0.15) is 17.2 Å². The molecule has 1 heterocycles. The third kappa shape index (κ3) is 1.04. The lowest BCUT2D eigenvalue weighted by molar-refractivity contribution is 0.385. The highest BCUT2D eigenvalue weighted by Crippen LogP contribution is 2.53. The first-order chi connectivity index (χ1) is 8.27. The zero-order valence-corrected chi connectivity index (χ0v) is 8.92. The summed E-state index contributed by atoms with van der Waals surface area (Å²) in [5.41, 5.74) is 1.40. The molecule has 0 spiro atoms. The lowest BCUT2D eigenvalue weighted by atomic mass is 9.91. The number of ether oxygens (including phenoxy) is 1. The van der Waals surface area contributed by atoms with Crippen molar-refractivity contribution in [3.8, 4) is 11.5 Å². The second-order valence-electron chi connectivity index (χ2n) is 4.45. The minimum Gasteiger partial charge on any atom is -0.507 e. The van der Waals surface area contributed by atoms with Crippen molar-refractivity contribution in [3.05, 3.63) is 41.5 Å². The van der Waals surface area contributed by atoms with E-state index in [0.717, 1.165) is 0 Å². The monoisotopic (exact) mass is 226 g/mol. The number of rotatable bonds is 0. The Kier molecular flexibility index (Phi) is 1.50. The molecule has 3 nitrogen and oxygen atoms in total. The first-order valence-corrected chi connectivity index (χ1v) is 5.57. The molecule has 0 bridgehead atoms. The maximum absolute atomic E-state index is 10.3. The van der Waals surface area contributed by atoms with Crippen molar-refractivity contribution < 1.29 is 14.9 Å². The summed E-state index contributed by atoms with van der Waals surface area (Å²) in [7, 11) is 0. The molecule has 1 fully saturated rings. The summed E-state index contributed by atoms with van der Waals surface area (Å²) in [6, 6.07) is 7.30.